The molecule has 24 aromatic rings. The molecule has 0 saturated carbocycles. The van der Waals surface area contributed by atoms with E-state index < -0.39 is 5.41 Å². The van der Waals surface area contributed by atoms with Crippen LogP contribution in [0.25, 0.3) is 152 Å². The number of hydrogen-bond acceptors (Lipinski definition) is 8. The quantitative estimate of drug-likeness (QED) is 0.0788. The van der Waals surface area contributed by atoms with Gasteiger partial charge in [0.1, 0.15) is 22.3 Å². The van der Waals surface area contributed by atoms with E-state index in [1.54, 1.807) is 0 Å². The SMILES string of the molecule is CC(C)c1cc(N(c2ccccc2)c2cccc3c2oc2ccccc23)c2ccc3c(C(C)C)cc(N(c4ccc(C(C)(C)c5ccc(N(c6cc(C(C)C)c7ccc8c(N(c9ccccc9)c9cccc%10c9oc9ccccc9%10)cc(C(C)C)c9ccc6c7c98)c6cccc7c6oc6ccccc67)cc5)cc4)c4cccc5c4oc4ccccc45)c4ccc1c2c34. The largest absolute Gasteiger partial charge is 0.454 e. The van der Waals surface area contributed by atoms with E-state index in [1.165, 1.54) is 76.5 Å². The first-order valence-electron chi connectivity index (χ1n) is 44.8. The van der Waals surface area contributed by atoms with Crippen LogP contribution in [-0.2, 0) is 5.41 Å². The lowest BCUT2D eigenvalue weighted by molar-refractivity contribution is 0.641. The summed E-state index contributed by atoms with van der Waals surface area (Å²) in [7, 11) is 0. The Morgan fingerprint density at radius 3 is 0.646 bits per heavy atom. The van der Waals surface area contributed by atoms with E-state index in [9.17, 15) is 0 Å². The van der Waals surface area contributed by atoms with Gasteiger partial charge in [0.15, 0.2) is 22.3 Å². The third-order valence-electron chi connectivity index (χ3n) is 27.5. The maximum absolute atomic E-state index is 7.15. The van der Waals surface area contributed by atoms with Gasteiger partial charge in [0.05, 0.1) is 45.5 Å². The van der Waals surface area contributed by atoms with Crippen LogP contribution in [0.2, 0.25) is 0 Å². The first-order valence-corrected chi connectivity index (χ1v) is 44.8. The van der Waals surface area contributed by atoms with E-state index >= 15 is 0 Å². The highest BCUT2D eigenvalue weighted by Gasteiger charge is 2.34. The summed E-state index contributed by atoms with van der Waals surface area (Å²) < 4.78 is 28.2. The molecule has 0 aliphatic carbocycles. The van der Waals surface area contributed by atoms with Crippen molar-refractivity contribution in [2.24, 2.45) is 0 Å². The molecule has 0 unspecified atom stereocenters. The maximum atomic E-state index is 7.15. The van der Waals surface area contributed by atoms with Crippen molar-refractivity contribution in [2.45, 2.75) is 98.3 Å². The molecule has 0 aliphatic rings. The van der Waals surface area contributed by atoms with E-state index in [0.29, 0.717) is 0 Å². The summed E-state index contributed by atoms with van der Waals surface area (Å²) in [5, 5.41) is 23.2. The Labute approximate surface area is 736 Å². The van der Waals surface area contributed by atoms with Crippen LogP contribution < -0.4 is 19.6 Å². The van der Waals surface area contributed by atoms with Gasteiger partial charge in [-0.25, -0.2) is 0 Å². The lowest BCUT2D eigenvalue weighted by Crippen LogP contribution is -2.20. The normalized spacial score (nSPS) is 12.5. The van der Waals surface area contributed by atoms with Gasteiger partial charge in [-0.05, 0) is 221 Å². The molecule has 127 heavy (non-hydrogen) atoms. The number of benzene rings is 20. The number of nitrogens with zero attached hydrogens (tertiary/aromatic N) is 4. The number of furan rings is 4. The molecule has 0 fully saturated rings. The molecule has 8 heteroatoms. The smallest absolute Gasteiger partial charge is 0.159 e. The van der Waals surface area contributed by atoms with Crippen molar-refractivity contribution in [2.75, 3.05) is 19.6 Å². The first-order chi connectivity index (χ1) is 62.1. The third kappa shape index (κ3) is 11.6. The van der Waals surface area contributed by atoms with Gasteiger partial charge >= 0.3 is 0 Å². The van der Waals surface area contributed by atoms with Gasteiger partial charge in [-0.3, -0.25) is 0 Å². The summed E-state index contributed by atoms with van der Waals surface area (Å²) in [6, 6.07) is 130. The monoisotopic (exact) mass is 1640 g/mol. The van der Waals surface area contributed by atoms with Crippen molar-refractivity contribution in [3.8, 4) is 0 Å². The van der Waals surface area contributed by atoms with E-state index in [2.05, 4.69) is 441 Å². The van der Waals surface area contributed by atoms with Gasteiger partial charge in [0.25, 0.3) is 0 Å². The van der Waals surface area contributed by atoms with Crippen LogP contribution in [0, 0.1) is 0 Å². The highest BCUT2D eigenvalue weighted by Crippen LogP contribution is 2.58. The van der Waals surface area contributed by atoms with E-state index in [1.807, 2.05) is 0 Å². The van der Waals surface area contributed by atoms with Crippen LogP contribution in [0.15, 0.2) is 370 Å². The molecule has 0 spiro atoms. The Kier molecular flexibility index (Phi) is 17.3. The van der Waals surface area contributed by atoms with Crippen LogP contribution in [0.3, 0.4) is 0 Å². The molecule has 0 saturated heterocycles. The molecular weight excluding hydrogens is 1550 g/mol. The molecule has 0 bridgehead atoms. The van der Waals surface area contributed by atoms with Crippen LogP contribution in [0.1, 0.15) is 126 Å². The number of rotatable bonds is 18. The second-order valence-corrected chi connectivity index (χ2v) is 36.4. The van der Waals surface area contributed by atoms with Crippen LogP contribution in [-0.4, -0.2) is 0 Å². The van der Waals surface area contributed by atoms with E-state index in [4.69, 9.17) is 17.7 Å². The van der Waals surface area contributed by atoms with Crippen LogP contribution in [0.5, 0.6) is 0 Å². The summed E-state index contributed by atoms with van der Waals surface area (Å²) in [4.78, 5) is 9.86. The van der Waals surface area contributed by atoms with Crippen molar-refractivity contribution >= 4 is 221 Å². The summed E-state index contributed by atoms with van der Waals surface area (Å²) in [5.41, 5.74) is 26.1. The molecule has 0 aliphatic heterocycles. The topological polar surface area (TPSA) is 65.5 Å². The van der Waals surface area contributed by atoms with Gasteiger partial charge in [0, 0.05) is 92.8 Å². The predicted molar refractivity (Wildman–Crippen MR) is 537 cm³/mol. The molecule has 0 atom stereocenters. The predicted octanol–water partition coefficient (Wildman–Crippen LogP) is 35.8. The van der Waals surface area contributed by atoms with Gasteiger partial charge < -0.3 is 37.3 Å². The highest BCUT2D eigenvalue weighted by molar-refractivity contribution is 6.32. The number of para-hydroxylation sites is 10. The van der Waals surface area contributed by atoms with E-state index in [0.717, 1.165) is 178 Å². The third-order valence-corrected chi connectivity index (χ3v) is 27.5. The van der Waals surface area contributed by atoms with Crippen molar-refractivity contribution in [3.05, 3.63) is 385 Å². The molecule has 20 aromatic carbocycles. The Hall–Kier alpha value is -15.1. The Morgan fingerprint density at radius 1 is 0.189 bits per heavy atom. The molecular formula is C119H92N4O4. The standard InChI is InChI=1S/C119H92N4O4/c1-69(2)95-65-103(120(75-29-13-11-14-30-75)99-41-25-37-87-79-33-17-21-45-107(79)124-115(87)99)91-61-57-85-97(71(5)6)67-105(93-63-59-83(95)111(91)113(85)93)122(101-43-27-39-89-81-35-19-23-47-109(81)126-117(89)101)77-53-49-73(50-54-77)119(9,10)74-51-55-78(56-52-74)123(102-44-28-40-90-82-36-20-24-48-110(82)127-118(90)102)106-68-98(72(7)8)86-58-62-92-104(66-96(70(3)4)84-60-64-94(106)114(86)112(84)92)121(76-31-15-12-16-32-76)100-42-26-38-88-80-34-18-22-46-108(80)125-116(88)100/h11-72H,1-10H3. The van der Waals surface area contributed by atoms with Gasteiger partial charge in [-0.2, -0.15) is 0 Å². The Bertz CT molecular complexity index is 8020. The minimum absolute atomic E-state index is 0.156. The summed E-state index contributed by atoms with van der Waals surface area (Å²) in [6.45, 7) is 23.5. The molecule has 0 N–H and O–H groups in total. The average molecular weight is 1640 g/mol. The molecule has 4 heterocycles. The van der Waals surface area contributed by atoms with Gasteiger partial charge in [-0.15, -0.1) is 0 Å². The lowest BCUT2D eigenvalue weighted by atomic mass is 9.78. The zero-order valence-electron chi connectivity index (χ0n) is 72.7. The van der Waals surface area contributed by atoms with E-state index in [-0.39, 0.29) is 23.7 Å². The van der Waals surface area contributed by atoms with Crippen LogP contribution >= 0.6 is 0 Å². The summed E-state index contributed by atoms with van der Waals surface area (Å²) >= 11 is 0. The second kappa shape index (κ2) is 29.0. The number of fused-ring (bicyclic) bond motifs is 12. The Balaban J connectivity index is 0.673. The van der Waals surface area contributed by atoms with Crippen molar-refractivity contribution in [1.82, 2.24) is 0 Å². The summed E-state index contributed by atoms with van der Waals surface area (Å²) in [6.07, 6.45) is 0. The first kappa shape index (κ1) is 75.6. The zero-order valence-corrected chi connectivity index (χ0v) is 72.7. The highest BCUT2D eigenvalue weighted by atomic mass is 16.3. The minimum Gasteiger partial charge on any atom is -0.454 e. The maximum Gasteiger partial charge on any atom is 0.159 e. The number of anilines is 12. The van der Waals surface area contributed by atoms with Gasteiger partial charge in [-0.1, -0.05) is 300 Å². The second-order valence-electron chi connectivity index (χ2n) is 36.4. The van der Waals surface area contributed by atoms with Gasteiger partial charge in [0.2, 0.25) is 0 Å². The fourth-order valence-corrected chi connectivity index (χ4v) is 21.3. The molecule has 0 amide bonds. The molecule has 0 radical (unpaired) electrons. The fourth-order valence-electron chi connectivity index (χ4n) is 21.3. The molecule has 4 aromatic heterocycles. The lowest BCUT2D eigenvalue weighted by Gasteiger charge is -2.32. The Morgan fingerprint density at radius 2 is 0.402 bits per heavy atom. The minimum atomic E-state index is -0.482. The van der Waals surface area contributed by atoms with Crippen LogP contribution in [0.4, 0.5) is 68.2 Å². The molecule has 8 nitrogen and oxygen atoms in total. The van der Waals surface area contributed by atoms with Crippen molar-refractivity contribution < 1.29 is 17.7 Å². The molecule has 24 rings (SSSR count). The summed E-state index contributed by atoms with van der Waals surface area (Å²) in [5.74, 6) is 0.680. The fraction of sp³-hybridized carbons (Fsp3) is 0.126. The molecule has 612 valence electrons. The number of hydrogen-bond donors (Lipinski definition) is 0. The van der Waals surface area contributed by atoms with Crippen molar-refractivity contribution in [1.29, 1.82) is 0 Å². The van der Waals surface area contributed by atoms with Crippen molar-refractivity contribution in [3.63, 3.8) is 0 Å². The average Bonchev–Trinajstić information content (AvgIpc) is 1.67. The zero-order chi connectivity index (χ0) is 85.5.